The predicted molar refractivity (Wildman–Crippen MR) is 70.3 cm³/mol. The molecule has 0 saturated heterocycles. The van der Waals surface area contributed by atoms with E-state index in [1.165, 1.54) is 15.6 Å². The van der Waals surface area contributed by atoms with Gasteiger partial charge in [0.05, 0.1) is 0 Å². The molecule has 2 atom stereocenters. The number of hydrogen-bond donors (Lipinski definition) is 0. The molecule has 0 saturated carbocycles. The molecule has 0 amide bonds. The third-order valence-electron chi connectivity index (χ3n) is 2.74. The van der Waals surface area contributed by atoms with Gasteiger partial charge in [-0.15, -0.1) is 0 Å². The van der Waals surface area contributed by atoms with E-state index in [0.717, 1.165) is 5.33 Å². The summed E-state index contributed by atoms with van der Waals surface area (Å²) >= 11 is 7.17. The number of benzene rings is 1. The maximum absolute atomic E-state index is 3.63. The van der Waals surface area contributed by atoms with Crippen LogP contribution >= 0.6 is 31.9 Å². The fraction of sp³-hybridized carbons (Fsp3) is 0.500. The van der Waals surface area contributed by atoms with Crippen molar-refractivity contribution in [2.24, 2.45) is 5.92 Å². The molecule has 1 aromatic carbocycles. The van der Waals surface area contributed by atoms with Crippen LogP contribution in [0.15, 0.2) is 22.7 Å². The molecule has 0 spiro atoms. The summed E-state index contributed by atoms with van der Waals surface area (Å²) in [5.41, 5.74) is 2.71. The van der Waals surface area contributed by atoms with Crippen LogP contribution in [0.4, 0.5) is 0 Å². The average molecular weight is 320 g/mol. The quantitative estimate of drug-likeness (QED) is 0.696. The van der Waals surface area contributed by atoms with Crippen molar-refractivity contribution in [3.63, 3.8) is 0 Å². The van der Waals surface area contributed by atoms with E-state index in [-0.39, 0.29) is 0 Å². The summed E-state index contributed by atoms with van der Waals surface area (Å²) in [6, 6.07) is 6.59. The molecule has 0 bridgehead atoms. The van der Waals surface area contributed by atoms with Gasteiger partial charge in [-0.3, -0.25) is 0 Å². The molecule has 78 valence electrons. The smallest absolute Gasteiger partial charge is 0.0212 e. The molecule has 2 unspecified atom stereocenters. The Balaban J connectivity index is 2.95. The van der Waals surface area contributed by atoms with Crippen LogP contribution in [0.5, 0.6) is 0 Å². The molecule has 14 heavy (non-hydrogen) atoms. The van der Waals surface area contributed by atoms with Crippen LogP contribution < -0.4 is 0 Å². The van der Waals surface area contributed by atoms with Crippen molar-refractivity contribution in [3.05, 3.63) is 33.8 Å². The van der Waals surface area contributed by atoms with E-state index in [2.05, 4.69) is 70.8 Å². The first-order valence-electron chi connectivity index (χ1n) is 4.88. The molecule has 0 aliphatic rings. The number of halogens is 2. The van der Waals surface area contributed by atoms with Gasteiger partial charge in [0.15, 0.2) is 0 Å². The van der Waals surface area contributed by atoms with Gasteiger partial charge >= 0.3 is 0 Å². The van der Waals surface area contributed by atoms with Crippen molar-refractivity contribution < 1.29 is 0 Å². The van der Waals surface area contributed by atoms with Gasteiger partial charge < -0.3 is 0 Å². The molecule has 0 heterocycles. The van der Waals surface area contributed by atoms with Crippen LogP contribution in [0.3, 0.4) is 0 Å². The highest BCUT2D eigenvalue weighted by Crippen LogP contribution is 2.31. The molecule has 1 aromatic rings. The normalized spacial score (nSPS) is 15.2. The molecule has 0 N–H and O–H groups in total. The number of hydrogen-bond acceptors (Lipinski definition) is 0. The minimum absolute atomic E-state index is 0.587. The third-order valence-corrected chi connectivity index (χ3v) is 4.45. The van der Waals surface area contributed by atoms with E-state index >= 15 is 0 Å². The summed E-state index contributed by atoms with van der Waals surface area (Å²) in [5, 5.41) is 1.05. The van der Waals surface area contributed by atoms with E-state index in [4.69, 9.17) is 0 Å². The van der Waals surface area contributed by atoms with Crippen LogP contribution in [0.1, 0.15) is 30.9 Å². The largest absolute Gasteiger partial charge is 0.0925 e. The second-order valence-corrected chi connectivity index (χ2v) is 5.45. The lowest BCUT2D eigenvalue weighted by Gasteiger charge is -2.19. The molecular weight excluding hydrogens is 304 g/mol. The van der Waals surface area contributed by atoms with Crippen LogP contribution in [0.2, 0.25) is 0 Å². The Bertz CT molecular complexity index is 307. The van der Waals surface area contributed by atoms with Gasteiger partial charge in [0.25, 0.3) is 0 Å². The minimum atomic E-state index is 0.587. The lowest BCUT2D eigenvalue weighted by molar-refractivity contribution is 0.545. The van der Waals surface area contributed by atoms with Crippen LogP contribution in [0, 0.1) is 12.8 Å². The second-order valence-electron chi connectivity index (χ2n) is 3.95. The fourth-order valence-corrected chi connectivity index (χ4v) is 2.86. The summed E-state index contributed by atoms with van der Waals surface area (Å²) in [6.45, 7) is 6.67. The monoisotopic (exact) mass is 318 g/mol. The highest BCUT2D eigenvalue weighted by Gasteiger charge is 2.15. The molecule has 2 heteroatoms. The highest BCUT2D eigenvalue weighted by atomic mass is 79.9. The Hall–Kier alpha value is 0.180. The summed E-state index contributed by atoms with van der Waals surface area (Å²) in [4.78, 5) is 0. The van der Waals surface area contributed by atoms with Crippen molar-refractivity contribution in [1.82, 2.24) is 0 Å². The minimum Gasteiger partial charge on any atom is -0.0925 e. The zero-order chi connectivity index (χ0) is 10.7. The number of aryl methyl sites for hydroxylation is 1. The molecular formula is C12H16Br2. The van der Waals surface area contributed by atoms with Crippen molar-refractivity contribution in [3.8, 4) is 0 Å². The summed E-state index contributed by atoms with van der Waals surface area (Å²) in [5.74, 6) is 1.25. The molecule has 0 aliphatic carbocycles. The van der Waals surface area contributed by atoms with Crippen LogP contribution in [-0.4, -0.2) is 5.33 Å². The Labute approximate surface area is 103 Å². The molecule has 0 aromatic heterocycles. The van der Waals surface area contributed by atoms with E-state index in [9.17, 15) is 0 Å². The highest BCUT2D eigenvalue weighted by molar-refractivity contribution is 9.10. The fourth-order valence-electron chi connectivity index (χ4n) is 1.44. The first-order chi connectivity index (χ1) is 6.56. The lowest BCUT2D eigenvalue weighted by atomic mass is 9.90. The van der Waals surface area contributed by atoms with E-state index in [0.29, 0.717) is 11.8 Å². The van der Waals surface area contributed by atoms with Crippen molar-refractivity contribution >= 4 is 31.9 Å². The maximum atomic E-state index is 3.63. The van der Waals surface area contributed by atoms with Gasteiger partial charge in [-0.2, -0.15) is 0 Å². The summed E-state index contributed by atoms with van der Waals surface area (Å²) in [6.07, 6.45) is 0. The Morgan fingerprint density at radius 1 is 1.29 bits per heavy atom. The van der Waals surface area contributed by atoms with E-state index in [1.54, 1.807) is 0 Å². The Kier molecular flexibility index (Phi) is 4.65. The van der Waals surface area contributed by atoms with Gasteiger partial charge in [0.1, 0.15) is 0 Å². The average Bonchev–Trinajstić information content (AvgIpc) is 2.15. The zero-order valence-electron chi connectivity index (χ0n) is 8.85. The van der Waals surface area contributed by atoms with Crippen molar-refractivity contribution in [2.75, 3.05) is 5.33 Å². The Morgan fingerprint density at radius 2 is 1.93 bits per heavy atom. The standard InChI is InChI=1S/C12H16Br2/c1-8-4-5-11(12(14)6-8)10(3)9(2)7-13/h4-6,9-10H,7H2,1-3H3. The van der Waals surface area contributed by atoms with Gasteiger partial charge in [-0.05, 0) is 36.0 Å². The molecule has 0 radical (unpaired) electrons. The second kappa shape index (κ2) is 5.32. The van der Waals surface area contributed by atoms with Crippen molar-refractivity contribution in [2.45, 2.75) is 26.7 Å². The number of rotatable bonds is 3. The third kappa shape index (κ3) is 2.83. The first-order valence-corrected chi connectivity index (χ1v) is 6.79. The number of alkyl halides is 1. The van der Waals surface area contributed by atoms with Gasteiger partial charge in [-0.1, -0.05) is 57.8 Å². The van der Waals surface area contributed by atoms with Gasteiger partial charge in [0, 0.05) is 9.80 Å². The summed E-state index contributed by atoms with van der Waals surface area (Å²) in [7, 11) is 0. The SMILES string of the molecule is Cc1ccc(C(C)C(C)CBr)c(Br)c1. The molecule has 0 aliphatic heterocycles. The molecule has 1 rings (SSSR count). The van der Waals surface area contributed by atoms with Crippen LogP contribution in [-0.2, 0) is 0 Å². The maximum Gasteiger partial charge on any atom is 0.0212 e. The van der Waals surface area contributed by atoms with Gasteiger partial charge in [0.2, 0.25) is 0 Å². The Morgan fingerprint density at radius 3 is 2.43 bits per heavy atom. The summed E-state index contributed by atoms with van der Waals surface area (Å²) < 4.78 is 1.23. The molecule has 0 nitrogen and oxygen atoms in total. The lowest BCUT2D eigenvalue weighted by Crippen LogP contribution is -2.08. The van der Waals surface area contributed by atoms with Gasteiger partial charge in [-0.25, -0.2) is 0 Å². The predicted octanol–water partition coefficient (Wildman–Crippen LogP) is 4.89. The topological polar surface area (TPSA) is 0 Å². The van der Waals surface area contributed by atoms with E-state index in [1.807, 2.05) is 0 Å². The zero-order valence-corrected chi connectivity index (χ0v) is 12.0. The first kappa shape index (κ1) is 12.3. The van der Waals surface area contributed by atoms with Crippen molar-refractivity contribution in [1.29, 1.82) is 0 Å². The molecule has 0 fully saturated rings. The van der Waals surface area contributed by atoms with E-state index < -0.39 is 0 Å². The van der Waals surface area contributed by atoms with Crippen LogP contribution in [0.25, 0.3) is 0 Å².